The third-order valence-electron chi connectivity index (χ3n) is 1.84. The predicted molar refractivity (Wildman–Crippen MR) is 59.4 cm³/mol. The summed E-state index contributed by atoms with van der Waals surface area (Å²) in [5, 5.41) is 3.40. The van der Waals surface area contributed by atoms with Crippen LogP contribution in [0.5, 0.6) is 0 Å². The molecule has 0 aromatic carbocycles. The van der Waals surface area contributed by atoms with Crippen molar-refractivity contribution in [2.75, 3.05) is 13.7 Å². The highest BCUT2D eigenvalue weighted by molar-refractivity contribution is 7.09. The maximum absolute atomic E-state index is 5.07. The molecule has 0 saturated carbocycles. The van der Waals surface area contributed by atoms with Gasteiger partial charge in [-0.3, -0.25) is 0 Å². The smallest absolute Gasteiger partial charge is 0.0895 e. The Labute approximate surface area is 89.5 Å². The molecule has 0 unspecified atom stereocenters. The maximum atomic E-state index is 5.07. The Balaban J connectivity index is 2.37. The normalized spacial score (nSPS) is 11.1. The van der Waals surface area contributed by atoms with E-state index < -0.39 is 0 Å². The average molecular weight is 214 g/mol. The zero-order valence-electron chi connectivity index (χ0n) is 9.04. The second-order valence-corrected chi connectivity index (χ2v) is 4.62. The van der Waals surface area contributed by atoms with Crippen molar-refractivity contribution >= 4 is 11.3 Å². The van der Waals surface area contributed by atoms with Crippen molar-refractivity contribution in [1.29, 1.82) is 0 Å². The van der Waals surface area contributed by atoms with Crippen LogP contribution in [0.1, 0.15) is 24.4 Å². The van der Waals surface area contributed by atoms with Crippen LogP contribution in [-0.2, 0) is 17.9 Å². The molecule has 1 N–H and O–H groups in total. The zero-order chi connectivity index (χ0) is 10.4. The second kappa shape index (κ2) is 6.11. The molecule has 1 aromatic rings. The van der Waals surface area contributed by atoms with Crippen molar-refractivity contribution in [1.82, 2.24) is 10.3 Å². The zero-order valence-corrected chi connectivity index (χ0v) is 9.86. The molecule has 3 nitrogen and oxygen atoms in total. The molecule has 80 valence electrons. The Kier molecular flexibility index (Phi) is 5.07. The Hall–Kier alpha value is -0.450. The quantitative estimate of drug-likeness (QED) is 0.787. The van der Waals surface area contributed by atoms with Gasteiger partial charge in [0, 0.05) is 18.5 Å². The number of nitrogens with zero attached hydrogens (tertiary/aromatic N) is 1. The van der Waals surface area contributed by atoms with Gasteiger partial charge in [0.2, 0.25) is 0 Å². The Morgan fingerprint density at radius 1 is 1.57 bits per heavy atom. The largest absolute Gasteiger partial charge is 0.378 e. The minimum absolute atomic E-state index is 0.613. The molecule has 0 spiro atoms. The van der Waals surface area contributed by atoms with Gasteiger partial charge in [0.15, 0.2) is 0 Å². The molecule has 0 fully saturated rings. The van der Waals surface area contributed by atoms with E-state index >= 15 is 0 Å². The van der Waals surface area contributed by atoms with Gasteiger partial charge in [-0.2, -0.15) is 0 Å². The van der Waals surface area contributed by atoms with Crippen molar-refractivity contribution in [3.8, 4) is 0 Å². The molecular weight excluding hydrogens is 196 g/mol. The number of hydrogen-bond donors (Lipinski definition) is 1. The summed E-state index contributed by atoms with van der Waals surface area (Å²) in [7, 11) is 1.70. The van der Waals surface area contributed by atoms with Crippen LogP contribution in [-0.4, -0.2) is 18.6 Å². The first-order valence-corrected chi connectivity index (χ1v) is 5.73. The molecule has 1 heterocycles. The third kappa shape index (κ3) is 3.74. The average Bonchev–Trinajstić information content (AvgIpc) is 2.53. The van der Waals surface area contributed by atoms with E-state index in [2.05, 4.69) is 24.1 Å². The van der Waals surface area contributed by atoms with E-state index in [1.165, 1.54) is 4.88 Å². The topological polar surface area (TPSA) is 34.1 Å². The molecule has 0 aliphatic heterocycles. The van der Waals surface area contributed by atoms with Crippen LogP contribution in [0.2, 0.25) is 0 Å². The Bertz CT molecular complexity index is 260. The van der Waals surface area contributed by atoms with E-state index in [4.69, 9.17) is 4.74 Å². The molecule has 0 saturated heterocycles. The summed E-state index contributed by atoms with van der Waals surface area (Å²) in [4.78, 5) is 5.54. The summed E-state index contributed by atoms with van der Waals surface area (Å²) < 4.78 is 5.07. The van der Waals surface area contributed by atoms with Crippen molar-refractivity contribution in [2.24, 2.45) is 5.92 Å². The standard InChI is InChI=1S/C10H18N2OS/c1-8(2)4-11-5-10-9(6-13-3)12-7-14-10/h7-8,11H,4-6H2,1-3H3. The lowest BCUT2D eigenvalue weighted by molar-refractivity contribution is 0.181. The van der Waals surface area contributed by atoms with Gasteiger partial charge in [0.05, 0.1) is 17.8 Å². The van der Waals surface area contributed by atoms with Gasteiger partial charge in [-0.1, -0.05) is 13.8 Å². The lowest BCUT2D eigenvalue weighted by Gasteiger charge is -2.06. The molecule has 1 aromatic heterocycles. The fourth-order valence-corrected chi connectivity index (χ4v) is 1.91. The fraction of sp³-hybridized carbons (Fsp3) is 0.700. The number of rotatable bonds is 6. The maximum Gasteiger partial charge on any atom is 0.0895 e. The molecule has 0 aliphatic rings. The molecule has 0 amide bonds. The summed E-state index contributed by atoms with van der Waals surface area (Å²) >= 11 is 1.69. The predicted octanol–water partition coefficient (Wildman–Crippen LogP) is 2.04. The highest BCUT2D eigenvalue weighted by Crippen LogP contribution is 2.13. The first-order chi connectivity index (χ1) is 6.74. The molecular formula is C10H18N2OS. The SMILES string of the molecule is COCc1ncsc1CNCC(C)C. The summed E-state index contributed by atoms with van der Waals surface area (Å²) in [5.74, 6) is 0.689. The summed E-state index contributed by atoms with van der Waals surface area (Å²) in [6.07, 6.45) is 0. The van der Waals surface area contributed by atoms with E-state index in [-0.39, 0.29) is 0 Å². The number of nitrogens with one attached hydrogen (secondary N) is 1. The van der Waals surface area contributed by atoms with Gasteiger partial charge < -0.3 is 10.1 Å². The fourth-order valence-electron chi connectivity index (χ4n) is 1.17. The Morgan fingerprint density at radius 3 is 3.00 bits per heavy atom. The lowest BCUT2D eigenvalue weighted by Crippen LogP contribution is -2.19. The van der Waals surface area contributed by atoms with Gasteiger partial charge in [-0.25, -0.2) is 4.98 Å². The van der Waals surface area contributed by atoms with Gasteiger partial charge in [-0.05, 0) is 12.5 Å². The van der Waals surface area contributed by atoms with Crippen LogP contribution in [0.4, 0.5) is 0 Å². The van der Waals surface area contributed by atoms with E-state index in [1.807, 2.05) is 5.51 Å². The molecule has 0 bridgehead atoms. The minimum atomic E-state index is 0.613. The Morgan fingerprint density at radius 2 is 2.36 bits per heavy atom. The van der Waals surface area contributed by atoms with Crippen LogP contribution in [0.3, 0.4) is 0 Å². The van der Waals surface area contributed by atoms with Gasteiger partial charge in [0.25, 0.3) is 0 Å². The van der Waals surface area contributed by atoms with Crippen LogP contribution in [0.15, 0.2) is 5.51 Å². The monoisotopic (exact) mass is 214 g/mol. The van der Waals surface area contributed by atoms with Crippen LogP contribution in [0, 0.1) is 5.92 Å². The highest BCUT2D eigenvalue weighted by atomic mass is 32.1. The first kappa shape index (κ1) is 11.6. The van der Waals surface area contributed by atoms with Gasteiger partial charge in [-0.15, -0.1) is 11.3 Å². The van der Waals surface area contributed by atoms with Crippen molar-refractivity contribution in [3.63, 3.8) is 0 Å². The van der Waals surface area contributed by atoms with Crippen LogP contribution in [0.25, 0.3) is 0 Å². The summed E-state index contributed by atoms with van der Waals surface area (Å²) in [5.41, 5.74) is 2.94. The summed E-state index contributed by atoms with van der Waals surface area (Å²) in [6, 6.07) is 0. The molecule has 14 heavy (non-hydrogen) atoms. The van der Waals surface area contributed by atoms with E-state index in [9.17, 15) is 0 Å². The molecule has 0 atom stereocenters. The first-order valence-electron chi connectivity index (χ1n) is 4.85. The molecule has 4 heteroatoms. The second-order valence-electron chi connectivity index (χ2n) is 3.68. The number of hydrogen-bond acceptors (Lipinski definition) is 4. The third-order valence-corrected chi connectivity index (χ3v) is 2.72. The molecule has 1 rings (SSSR count). The van der Waals surface area contributed by atoms with Gasteiger partial charge >= 0.3 is 0 Å². The number of thiazole rings is 1. The highest BCUT2D eigenvalue weighted by Gasteiger charge is 2.05. The van der Waals surface area contributed by atoms with Crippen LogP contribution < -0.4 is 5.32 Å². The molecule has 0 radical (unpaired) electrons. The van der Waals surface area contributed by atoms with E-state index in [1.54, 1.807) is 18.4 Å². The lowest BCUT2D eigenvalue weighted by atomic mass is 10.2. The van der Waals surface area contributed by atoms with E-state index in [0.717, 1.165) is 18.8 Å². The number of ether oxygens (including phenoxy) is 1. The van der Waals surface area contributed by atoms with E-state index in [0.29, 0.717) is 12.5 Å². The minimum Gasteiger partial charge on any atom is -0.378 e. The van der Waals surface area contributed by atoms with Crippen molar-refractivity contribution in [2.45, 2.75) is 27.0 Å². The van der Waals surface area contributed by atoms with Crippen LogP contribution >= 0.6 is 11.3 Å². The van der Waals surface area contributed by atoms with Gasteiger partial charge in [0.1, 0.15) is 0 Å². The molecule has 0 aliphatic carbocycles. The van der Waals surface area contributed by atoms with Crippen molar-refractivity contribution < 1.29 is 4.74 Å². The van der Waals surface area contributed by atoms with Crippen molar-refractivity contribution in [3.05, 3.63) is 16.1 Å². The number of methoxy groups -OCH3 is 1. The summed E-state index contributed by atoms with van der Waals surface area (Å²) in [6.45, 7) is 6.97. The number of aromatic nitrogens is 1.